The van der Waals surface area contributed by atoms with Gasteiger partial charge in [-0.3, -0.25) is 0 Å². The monoisotopic (exact) mass is 288 g/mol. The highest BCUT2D eigenvalue weighted by atomic mass is 16.7. The second-order valence-corrected chi connectivity index (χ2v) is 5.55. The SMILES string of the molecule is CCCCCCCCCOCC[C@H]1OCC[C@@H](CO)O1. The standard InChI is InChI=1S/C16H32O4/c1-2-3-4-5-6-7-8-11-18-12-10-16-19-13-9-15(14-17)20-16/h15-17H,2-14H2,1H3/t15-,16-/m0/s1. The van der Waals surface area contributed by atoms with Crippen LogP contribution in [0.4, 0.5) is 0 Å². The van der Waals surface area contributed by atoms with Crippen molar-refractivity contribution in [3.05, 3.63) is 0 Å². The van der Waals surface area contributed by atoms with Gasteiger partial charge in [0, 0.05) is 13.0 Å². The molecule has 0 spiro atoms. The van der Waals surface area contributed by atoms with Crippen molar-refractivity contribution in [2.45, 2.75) is 77.1 Å². The molecule has 0 unspecified atom stereocenters. The molecule has 0 aromatic heterocycles. The second kappa shape index (κ2) is 12.6. The molecule has 120 valence electrons. The fourth-order valence-electron chi connectivity index (χ4n) is 2.38. The quantitative estimate of drug-likeness (QED) is 0.560. The molecule has 1 aliphatic rings. The highest BCUT2D eigenvalue weighted by molar-refractivity contribution is 4.62. The van der Waals surface area contributed by atoms with E-state index in [0.717, 1.165) is 25.9 Å². The number of hydrogen-bond donors (Lipinski definition) is 1. The summed E-state index contributed by atoms with van der Waals surface area (Å²) in [6.45, 7) is 4.52. The molecular weight excluding hydrogens is 256 g/mol. The van der Waals surface area contributed by atoms with Crippen LogP contribution in [0.3, 0.4) is 0 Å². The van der Waals surface area contributed by atoms with Gasteiger partial charge in [0.1, 0.15) is 0 Å². The molecule has 0 aromatic carbocycles. The van der Waals surface area contributed by atoms with E-state index in [-0.39, 0.29) is 19.0 Å². The number of rotatable bonds is 12. The van der Waals surface area contributed by atoms with Crippen LogP contribution in [-0.2, 0) is 14.2 Å². The maximum absolute atomic E-state index is 9.04. The van der Waals surface area contributed by atoms with Gasteiger partial charge in [-0.05, 0) is 12.8 Å². The lowest BCUT2D eigenvalue weighted by Crippen LogP contribution is -2.35. The van der Waals surface area contributed by atoms with Crippen molar-refractivity contribution in [1.29, 1.82) is 0 Å². The third kappa shape index (κ3) is 8.90. The Morgan fingerprint density at radius 3 is 2.55 bits per heavy atom. The minimum absolute atomic E-state index is 0.0585. The highest BCUT2D eigenvalue weighted by Gasteiger charge is 2.21. The van der Waals surface area contributed by atoms with Crippen LogP contribution in [0.5, 0.6) is 0 Å². The first kappa shape index (κ1) is 17.9. The molecule has 0 aliphatic carbocycles. The van der Waals surface area contributed by atoms with Gasteiger partial charge in [0.15, 0.2) is 6.29 Å². The Morgan fingerprint density at radius 1 is 1.05 bits per heavy atom. The van der Waals surface area contributed by atoms with Gasteiger partial charge in [-0.15, -0.1) is 0 Å². The Balaban J connectivity index is 1.82. The molecule has 1 saturated heterocycles. The minimum Gasteiger partial charge on any atom is -0.394 e. The number of unbranched alkanes of at least 4 members (excludes halogenated alkanes) is 6. The Labute approximate surface area is 123 Å². The zero-order valence-electron chi connectivity index (χ0n) is 13.0. The number of aliphatic hydroxyl groups is 1. The molecule has 1 aliphatic heterocycles. The molecule has 0 amide bonds. The van der Waals surface area contributed by atoms with Crippen molar-refractivity contribution in [3.63, 3.8) is 0 Å². The van der Waals surface area contributed by atoms with Crippen molar-refractivity contribution in [1.82, 2.24) is 0 Å². The van der Waals surface area contributed by atoms with Gasteiger partial charge in [0.05, 0.1) is 25.9 Å². The third-order valence-corrected chi connectivity index (χ3v) is 3.68. The van der Waals surface area contributed by atoms with Crippen molar-refractivity contribution in [3.8, 4) is 0 Å². The predicted molar refractivity (Wildman–Crippen MR) is 79.7 cm³/mol. The summed E-state index contributed by atoms with van der Waals surface area (Å²) < 4.78 is 16.7. The molecule has 0 bridgehead atoms. The molecule has 1 N–H and O–H groups in total. The van der Waals surface area contributed by atoms with Gasteiger partial charge in [0.25, 0.3) is 0 Å². The Kier molecular flexibility index (Phi) is 11.2. The molecule has 4 nitrogen and oxygen atoms in total. The second-order valence-electron chi connectivity index (χ2n) is 5.55. The average molecular weight is 288 g/mol. The fourth-order valence-corrected chi connectivity index (χ4v) is 2.38. The maximum atomic E-state index is 9.04. The Morgan fingerprint density at radius 2 is 1.80 bits per heavy atom. The van der Waals surface area contributed by atoms with E-state index >= 15 is 0 Å². The molecule has 1 fully saturated rings. The van der Waals surface area contributed by atoms with Crippen LogP contribution < -0.4 is 0 Å². The lowest BCUT2D eigenvalue weighted by atomic mass is 10.1. The van der Waals surface area contributed by atoms with E-state index in [0.29, 0.717) is 13.2 Å². The predicted octanol–water partition coefficient (Wildman–Crippen LogP) is 3.27. The van der Waals surface area contributed by atoms with E-state index in [2.05, 4.69) is 6.92 Å². The van der Waals surface area contributed by atoms with Crippen LogP contribution in [-0.4, -0.2) is 43.9 Å². The first-order valence-electron chi connectivity index (χ1n) is 8.32. The van der Waals surface area contributed by atoms with Crippen molar-refractivity contribution in [2.24, 2.45) is 0 Å². The van der Waals surface area contributed by atoms with Crippen LogP contribution >= 0.6 is 0 Å². The maximum Gasteiger partial charge on any atom is 0.160 e. The smallest absolute Gasteiger partial charge is 0.160 e. The van der Waals surface area contributed by atoms with Gasteiger partial charge >= 0.3 is 0 Å². The highest BCUT2D eigenvalue weighted by Crippen LogP contribution is 2.14. The minimum atomic E-state index is -0.199. The van der Waals surface area contributed by atoms with Crippen molar-refractivity contribution >= 4 is 0 Å². The summed E-state index contributed by atoms with van der Waals surface area (Å²) in [6.07, 6.45) is 10.4. The summed E-state index contributed by atoms with van der Waals surface area (Å²) in [6, 6.07) is 0. The molecular formula is C16H32O4. The zero-order chi connectivity index (χ0) is 14.5. The zero-order valence-corrected chi connectivity index (χ0v) is 13.0. The van der Waals surface area contributed by atoms with Gasteiger partial charge in [0.2, 0.25) is 0 Å². The summed E-state index contributed by atoms with van der Waals surface area (Å²) in [7, 11) is 0. The van der Waals surface area contributed by atoms with Crippen LogP contribution in [0.2, 0.25) is 0 Å². The van der Waals surface area contributed by atoms with E-state index in [1.165, 1.54) is 38.5 Å². The topological polar surface area (TPSA) is 47.9 Å². The summed E-state index contributed by atoms with van der Waals surface area (Å²) in [5.74, 6) is 0. The molecule has 4 heteroatoms. The fraction of sp³-hybridized carbons (Fsp3) is 1.00. The molecule has 0 aromatic rings. The largest absolute Gasteiger partial charge is 0.394 e. The molecule has 1 rings (SSSR count). The van der Waals surface area contributed by atoms with E-state index in [1.54, 1.807) is 0 Å². The van der Waals surface area contributed by atoms with E-state index in [1.807, 2.05) is 0 Å². The van der Waals surface area contributed by atoms with Crippen LogP contribution in [0.15, 0.2) is 0 Å². The third-order valence-electron chi connectivity index (χ3n) is 3.68. The van der Waals surface area contributed by atoms with Gasteiger partial charge in [-0.25, -0.2) is 0 Å². The van der Waals surface area contributed by atoms with E-state index < -0.39 is 0 Å². The van der Waals surface area contributed by atoms with E-state index in [4.69, 9.17) is 19.3 Å². The summed E-state index contributed by atoms with van der Waals surface area (Å²) in [5, 5.41) is 9.04. The molecule has 2 atom stereocenters. The van der Waals surface area contributed by atoms with Crippen LogP contribution in [0.1, 0.15) is 64.7 Å². The Bertz CT molecular complexity index is 211. The van der Waals surface area contributed by atoms with Crippen LogP contribution in [0.25, 0.3) is 0 Å². The first-order valence-corrected chi connectivity index (χ1v) is 8.32. The molecule has 0 saturated carbocycles. The lowest BCUT2D eigenvalue weighted by Gasteiger charge is -2.29. The van der Waals surface area contributed by atoms with Gasteiger partial charge in [-0.2, -0.15) is 0 Å². The normalized spacial score (nSPS) is 23.1. The molecule has 1 heterocycles. The van der Waals surface area contributed by atoms with Crippen molar-refractivity contribution in [2.75, 3.05) is 26.4 Å². The van der Waals surface area contributed by atoms with Gasteiger partial charge < -0.3 is 19.3 Å². The number of hydrogen-bond acceptors (Lipinski definition) is 4. The lowest BCUT2D eigenvalue weighted by molar-refractivity contribution is -0.225. The van der Waals surface area contributed by atoms with Crippen LogP contribution in [0, 0.1) is 0 Å². The number of aliphatic hydroxyl groups excluding tert-OH is 1. The number of ether oxygens (including phenoxy) is 3. The molecule has 20 heavy (non-hydrogen) atoms. The van der Waals surface area contributed by atoms with Crippen molar-refractivity contribution < 1.29 is 19.3 Å². The Hall–Kier alpha value is -0.160. The summed E-state index contributed by atoms with van der Waals surface area (Å²) in [5.41, 5.74) is 0. The van der Waals surface area contributed by atoms with Gasteiger partial charge in [-0.1, -0.05) is 45.4 Å². The van der Waals surface area contributed by atoms with E-state index in [9.17, 15) is 0 Å². The summed E-state index contributed by atoms with van der Waals surface area (Å²) in [4.78, 5) is 0. The first-order chi connectivity index (χ1) is 9.86. The molecule has 0 radical (unpaired) electrons. The average Bonchev–Trinajstić information content (AvgIpc) is 2.49. The summed E-state index contributed by atoms with van der Waals surface area (Å²) >= 11 is 0.